The van der Waals surface area contributed by atoms with Crippen molar-refractivity contribution in [2.45, 2.75) is 32.2 Å². The second-order valence-electron chi connectivity index (χ2n) is 7.98. The van der Waals surface area contributed by atoms with Crippen LogP contribution in [-0.4, -0.2) is 53.2 Å². The molecule has 0 radical (unpaired) electrons. The monoisotopic (exact) mass is 465 g/mol. The molecule has 1 aliphatic rings. The van der Waals surface area contributed by atoms with E-state index in [0.29, 0.717) is 35.1 Å². The van der Waals surface area contributed by atoms with Gasteiger partial charge in [-0.2, -0.15) is 0 Å². The third-order valence-electron chi connectivity index (χ3n) is 5.74. The Hall–Kier alpha value is -3.39. The summed E-state index contributed by atoms with van der Waals surface area (Å²) in [6.07, 6.45) is 3.79. The summed E-state index contributed by atoms with van der Waals surface area (Å²) in [4.78, 5) is 42.6. The summed E-state index contributed by atoms with van der Waals surface area (Å²) in [5.41, 5.74) is 0.695. The molecule has 0 unspecified atom stereocenters. The highest BCUT2D eigenvalue weighted by Crippen LogP contribution is 2.27. The predicted molar refractivity (Wildman–Crippen MR) is 128 cm³/mol. The van der Waals surface area contributed by atoms with Crippen LogP contribution in [0.4, 0.5) is 5.00 Å². The molecule has 3 heterocycles. The molecule has 8 heteroatoms. The van der Waals surface area contributed by atoms with E-state index in [2.05, 4.69) is 12.2 Å². The molecule has 1 aromatic carbocycles. The van der Waals surface area contributed by atoms with E-state index in [9.17, 15) is 14.4 Å². The Morgan fingerprint density at radius 1 is 1.06 bits per heavy atom. The lowest BCUT2D eigenvalue weighted by Crippen LogP contribution is -2.49. The Morgan fingerprint density at radius 2 is 1.82 bits per heavy atom. The zero-order valence-corrected chi connectivity index (χ0v) is 19.3. The van der Waals surface area contributed by atoms with E-state index in [1.165, 1.54) is 17.6 Å². The van der Waals surface area contributed by atoms with Crippen molar-refractivity contribution >= 4 is 34.1 Å². The van der Waals surface area contributed by atoms with Crippen molar-refractivity contribution in [2.75, 3.05) is 25.0 Å². The average Bonchev–Trinajstić information content (AvgIpc) is 3.55. The molecule has 4 rings (SSSR count). The topological polar surface area (TPSA) is 82.9 Å². The van der Waals surface area contributed by atoms with Crippen molar-refractivity contribution in [3.63, 3.8) is 0 Å². The fraction of sp³-hybridized carbons (Fsp3) is 0.320. The number of hydrogen-bond acceptors (Lipinski definition) is 5. The maximum absolute atomic E-state index is 13.3. The van der Waals surface area contributed by atoms with Crippen molar-refractivity contribution in [1.29, 1.82) is 0 Å². The molecule has 1 N–H and O–H groups in total. The average molecular weight is 466 g/mol. The maximum Gasteiger partial charge on any atom is 0.291 e. The van der Waals surface area contributed by atoms with Crippen LogP contribution in [0.2, 0.25) is 0 Å². The van der Waals surface area contributed by atoms with Crippen LogP contribution in [0.3, 0.4) is 0 Å². The molecule has 3 aromatic rings. The van der Waals surface area contributed by atoms with Crippen LogP contribution in [0.15, 0.2) is 65.3 Å². The van der Waals surface area contributed by atoms with Crippen LogP contribution in [-0.2, 0) is 0 Å². The minimum atomic E-state index is -0.346. The van der Waals surface area contributed by atoms with Gasteiger partial charge in [-0.15, -0.1) is 11.3 Å². The first-order chi connectivity index (χ1) is 16.1. The molecule has 1 saturated heterocycles. The van der Waals surface area contributed by atoms with E-state index in [4.69, 9.17) is 4.42 Å². The molecule has 0 bridgehead atoms. The Kier molecular flexibility index (Phi) is 7.24. The number of anilines is 1. The highest BCUT2D eigenvalue weighted by Gasteiger charge is 2.30. The van der Waals surface area contributed by atoms with Gasteiger partial charge in [0.2, 0.25) is 0 Å². The summed E-state index contributed by atoms with van der Waals surface area (Å²) in [5, 5.41) is 3.37. The molecule has 0 spiro atoms. The SMILES string of the molecule is CCCN(C(=O)c1ccc(NC(=O)c2ccco2)s1)C1CCN(C(=O)c2ccccc2)CC1. The molecule has 2 aromatic heterocycles. The fourth-order valence-electron chi connectivity index (χ4n) is 4.08. The number of piperidine rings is 1. The molecule has 1 fully saturated rings. The molecule has 33 heavy (non-hydrogen) atoms. The van der Waals surface area contributed by atoms with Gasteiger partial charge in [-0.3, -0.25) is 14.4 Å². The number of likely N-dealkylation sites (tertiary alicyclic amines) is 1. The summed E-state index contributed by atoms with van der Waals surface area (Å²) in [6, 6.07) is 16.1. The van der Waals surface area contributed by atoms with Crippen molar-refractivity contribution in [3.05, 3.63) is 77.1 Å². The Labute approximate surface area is 197 Å². The van der Waals surface area contributed by atoms with E-state index in [1.54, 1.807) is 24.3 Å². The first-order valence-corrected chi connectivity index (χ1v) is 12.0. The van der Waals surface area contributed by atoms with Gasteiger partial charge >= 0.3 is 0 Å². The number of nitrogens with one attached hydrogen (secondary N) is 1. The van der Waals surface area contributed by atoms with E-state index in [1.807, 2.05) is 40.1 Å². The highest BCUT2D eigenvalue weighted by atomic mass is 32.1. The third-order valence-corrected chi connectivity index (χ3v) is 6.73. The summed E-state index contributed by atoms with van der Waals surface area (Å²) in [6.45, 7) is 3.96. The lowest BCUT2D eigenvalue weighted by molar-refractivity contribution is 0.0522. The minimum Gasteiger partial charge on any atom is -0.459 e. The zero-order chi connectivity index (χ0) is 23.2. The number of nitrogens with zero attached hydrogens (tertiary/aromatic N) is 2. The Morgan fingerprint density at radius 3 is 2.48 bits per heavy atom. The number of carbonyl (C=O) groups excluding carboxylic acids is 3. The largest absolute Gasteiger partial charge is 0.459 e. The lowest BCUT2D eigenvalue weighted by atomic mass is 10.0. The van der Waals surface area contributed by atoms with Crippen molar-refractivity contribution in [1.82, 2.24) is 9.80 Å². The van der Waals surface area contributed by atoms with Gasteiger partial charge in [0.25, 0.3) is 17.7 Å². The van der Waals surface area contributed by atoms with E-state index in [0.717, 1.165) is 19.3 Å². The van der Waals surface area contributed by atoms with Crippen LogP contribution in [0.1, 0.15) is 56.8 Å². The summed E-state index contributed by atoms with van der Waals surface area (Å²) in [5.74, 6) is -0.117. The molecule has 0 aliphatic carbocycles. The number of furan rings is 1. The van der Waals surface area contributed by atoms with Gasteiger partial charge in [0.15, 0.2) is 5.76 Å². The van der Waals surface area contributed by atoms with Gasteiger partial charge in [0, 0.05) is 31.2 Å². The number of benzene rings is 1. The Balaban J connectivity index is 1.38. The molecule has 3 amide bonds. The summed E-state index contributed by atoms with van der Waals surface area (Å²) < 4.78 is 5.11. The summed E-state index contributed by atoms with van der Waals surface area (Å²) in [7, 11) is 0. The van der Waals surface area contributed by atoms with E-state index in [-0.39, 0.29) is 29.5 Å². The maximum atomic E-state index is 13.3. The van der Waals surface area contributed by atoms with Gasteiger partial charge in [-0.1, -0.05) is 25.1 Å². The van der Waals surface area contributed by atoms with Gasteiger partial charge in [0.05, 0.1) is 16.1 Å². The van der Waals surface area contributed by atoms with Crippen molar-refractivity contribution in [2.24, 2.45) is 0 Å². The second-order valence-corrected chi connectivity index (χ2v) is 9.07. The Bertz CT molecular complexity index is 1090. The molecule has 0 atom stereocenters. The van der Waals surface area contributed by atoms with Crippen LogP contribution in [0.25, 0.3) is 0 Å². The number of carbonyl (C=O) groups is 3. The number of thiophene rings is 1. The van der Waals surface area contributed by atoms with Gasteiger partial charge in [-0.05, 0) is 55.7 Å². The number of hydrogen-bond donors (Lipinski definition) is 1. The summed E-state index contributed by atoms with van der Waals surface area (Å²) >= 11 is 1.26. The van der Waals surface area contributed by atoms with Crippen LogP contribution < -0.4 is 5.32 Å². The zero-order valence-electron chi connectivity index (χ0n) is 18.5. The molecule has 7 nitrogen and oxygen atoms in total. The first kappa shape index (κ1) is 22.8. The standard InChI is InChI=1S/C25H27N3O4S/c1-2-14-28(19-12-15-27(16-13-19)24(30)18-7-4-3-5-8-18)25(31)21-10-11-22(33-21)26-23(29)20-9-6-17-32-20/h3-11,17,19H,2,12-16H2,1H3,(H,26,29). The van der Waals surface area contributed by atoms with E-state index < -0.39 is 0 Å². The number of amides is 3. The van der Waals surface area contributed by atoms with Gasteiger partial charge < -0.3 is 19.5 Å². The second kappa shape index (κ2) is 10.5. The van der Waals surface area contributed by atoms with Crippen LogP contribution in [0.5, 0.6) is 0 Å². The number of rotatable bonds is 7. The quantitative estimate of drug-likeness (QED) is 0.546. The smallest absolute Gasteiger partial charge is 0.291 e. The molecular weight excluding hydrogens is 438 g/mol. The third kappa shape index (κ3) is 5.34. The molecule has 172 valence electrons. The molecular formula is C25H27N3O4S. The normalized spacial score (nSPS) is 14.2. The van der Waals surface area contributed by atoms with Crippen LogP contribution in [0, 0.1) is 0 Å². The van der Waals surface area contributed by atoms with Crippen molar-refractivity contribution < 1.29 is 18.8 Å². The van der Waals surface area contributed by atoms with Gasteiger partial charge in [0.1, 0.15) is 0 Å². The van der Waals surface area contributed by atoms with Crippen LogP contribution >= 0.6 is 11.3 Å². The molecule has 1 aliphatic heterocycles. The van der Waals surface area contributed by atoms with Gasteiger partial charge in [-0.25, -0.2) is 0 Å². The van der Waals surface area contributed by atoms with E-state index >= 15 is 0 Å². The highest BCUT2D eigenvalue weighted by molar-refractivity contribution is 7.18. The predicted octanol–water partition coefficient (Wildman–Crippen LogP) is 4.75. The fourth-order valence-corrected chi connectivity index (χ4v) is 4.93. The molecule has 0 saturated carbocycles. The minimum absolute atomic E-state index is 0.0341. The lowest BCUT2D eigenvalue weighted by Gasteiger charge is -2.38. The first-order valence-electron chi connectivity index (χ1n) is 11.2. The van der Waals surface area contributed by atoms with Crippen molar-refractivity contribution in [3.8, 4) is 0 Å².